The van der Waals surface area contributed by atoms with Crippen LogP contribution in [0.4, 0.5) is 17.2 Å². The van der Waals surface area contributed by atoms with Crippen molar-refractivity contribution in [3.05, 3.63) is 187 Å². The molecule has 13 aromatic rings. The van der Waals surface area contributed by atoms with Crippen LogP contribution in [-0.2, 0) is 10.8 Å². The summed E-state index contributed by atoms with van der Waals surface area (Å²) in [5, 5.41) is 8.68. The molecule has 0 radical (unpaired) electrons. The summed E-state index contributed by atoms with van der Waals surface area (Å²) >= 11 is 0. The number of hydrogen-bond donors (Lipinski definition) is 0. The van der Waals surface area contributed by atoms with Crippen molar-refractivity contribution in [3.8, 4) is 11.5 Å². The van der Waals surface area contributed by atoms with Crippen molar-refractivity contribution in [1.29, 1.82) is 0 Å². The Labute approximate surface area is 393 Å². The van der Waals surface area contributed by atoms with Gasteiger partial charge < -0.3 is 13.4 Å². The Morgan fingerprint density at radius 3 is 1.53 bits per heavy atom. The second-order valence-electron chi connectivity index (χ2n) is 20.4. The van der Waals surface area contributed by atoms with Crippen molar-refractivity contribution < 1.29 is 8.83 Å². The van der Waals surface area contributed by atoms with Crippen molar-refractivity contribution in [1.82, 2.24) is 19.1 Å². The zero-order valence-electron chi connectivity index (χ0n) is 39.2. The first-order chi connectivity index (χ1) is 32.9. The third kappa shape index (κ3) is 6.04. The van der Waals surface area contributed by atoms with E-state index in [1.165, 1.54) is 38.2 Å². The van der Waals surface area contributed by atoms with Crippen LogP contribution in [0.2, 0.25) is 0 Å². The third-order valence-electron chi connectivity index (χ3n) is 14.0. The number of fused-ring (bicyclic) bond motifs is 12. The summed E-state index contributed by atoms with van der Waals surface area (Å²) in [4.78, 5) is 12.5. The van der Waals surface area contributed by atoms with Gasteiger partial charge in [-0.25, -0.2) is 9.97 Å². The molecule has 68 heavy (non-hydrogen) atoms. The van der Waals surface area contributed by atoms with Gasteiger partial charge in [-0.3, -0.25) is 9.47 Å². The lowest BCUT2D eigenvalue weighted by Crippen LogP contribution is -2.17. The number of pyridine rings is 2. The topological polar surface area (TPSA) is 65.2 Å². The molecule has 7 aromatic carbocycles. The molecule has 0 bridgehead atoms. The lowest BCUT2D eigenvalue weighted by molar-refractivity contribution is 0.568. The minimum absolute atomic E-state index is 0.0301. The van der Waals surface area contributed by atoms with Crippen LogP contribution >= 0.6 is 0 Å². The first-order valence-electron chi connectivity index (χ1n) is 23.5. The molecule has 0 saturated carbocycles. The quantitative estimate of drug-likeness (QED) is 0.172. The maximum absolute atomic E-state index is 6.84. The molecular weight excluding hydrogens is 835 g/mol. The Balaban J connectivity index is 0.958. The number of rotatable bonds is 5. The van der Waals surface area contributed by atoms with Gasteiger partial charge in [-0.15, -0.1) is 0 Å². The van der Waals surface area contributed by atoms with Gasteiger partial charge in [0.15, 0.2) is 0 Å². The van der Waals surface area contributed by atoms with Gasteiger partial charge in [0.05, 0.1) is 22.1 Å². The van der Waals surface area contributed by atoms with Crippen LogP contribution in [0.3, 0.4) is 0 Å². The third-order valence-corrected chi connectivity index (χ3v) is 14.0. The van der Waals surface area contributed by atoms with Crippen molar-refractivity contribution in [2.24, 2.45) is 0 Å². The Bertz CT molecular complexity index is 4100. The zero-order chi connectivity index (χ0) is 46.2. The number of aryl methyl sites for hydroxylation is 1. The van der Waals surface area contributed by atoms with Gasteiger partial charge in [0.2, 0.25) is 0 Å². The lowest BCUT2D eigenvalue weighted by atomic mass is 9.80. The van der Waals surface area contributed by atoms with E-state index < -0.39 is 0 Å². The van der Waals surface area contributed by atoms with Gasteiger partial charge in [-0.2, -0.15) is 0 Å². The number of aromatic nitrogens is 4. The van der Waals surface area contributed by atoms with Crippen LogP contribution in [0.1, 0.15) is 58.2 Å². The predicted octanol–water partition coefficient (Wildman–Crippen LogP) is 16.8. The predicted molar refractivity (Wildman–Crippen MR) is 282 cm³/mol. The SMILES string of the molecule is Cc1c2oc3cc(N(c4ccccc4)c4ccc5c6ccccc6n(-c6cc(C(C)(C)C)cc(C(C)(C)C)c6)c5c4)ncc3c2cc2c1oc1cc(-n3c4ccccc4c4ccccc43)ncc12. The Hall–Kier alpha value is -8.16. The number of nitrogens with zero attached hydrogens (tertiary/aromatic N) is 5. The number of benzene rings is 7. The molecule has 0 aliphatic rings. The van der Waals surface area contributed by atoms with Gasteiger partial charge in [0.25, 0.3) is 0 Å². The van der Waals surface area contributed by atoms with Crippen LogP contribution in [0.15, 0.2) is 179 Å². The fourth-order valence-corrected chi connectivity index (χ4v) is 10.5. The molecule has 13 rings (SSSR count). The smallest absolute Gasteiger partial charge is 0.142 e. The van der Waals surface area contributed by atoms with E-state index in [2.05, 4.69) is 220 Å². The molecule has 6 heterocycles. The number of para-hydroxylation sites is 4. The van der Waals surface area contributed by atoms with E-state index >= 15 is 0 Å². The van der Waals surface area contributed by atoms with Gasteiger partial charge >= 0.3 is 0 Å². The van der Waals surface area contributed by atoms with E-state index in [1.54, 1.807) is 0 Å². The molecule has 0 atom stereocenters. The number of hydrogen-bond acceptors (Lipinski definition) is 5. The van der Waals surface area contributed by atoms with E-state index in [-0.39, 0.29) is 10.8 Å². The highest BCUT2D eigenvalue weighted by Gasteiger charge is 2.25. The Morgan fingerprint density at radius 1 is 0.426 bits per heavy atom. The molecule has 330 valence electrons. The summed E-state index contributed by atoms with van der Waals surface area (Å²) in [5.74, 6) is 1.56. The molecule has 7 heteroatoms. The number of furan rings is 2. The van der Waals surface area contributed by atoms with Crippen LogP contribution in [0.25, 0.3) is 99.0 Å². The first kappa shape index (κ1) is 40.1. The summed E-state index contributed by atoms with van der Waals surface area (Å²) < 4.78 is 18.2. The monoisotopic (exact) mass is 883 g/mol. The minimum Gasteiger partial charge on any atom is -0.455 e. The highest BCUT2D eigenvalue weighted by molar-refractivity contribution is 6.17. The second-order valence-corrected chi connectivity index (χ2v) is 20.4. The van der Waals surface area contributed by atoms with Gasteiger partial charge in [0.1, 0.15) is 34.0 Å². The summed E-state index contributed by atoms with van der Waals surface area (Å²) in [6.45, 7) is 15.9. The summed E-state index contributed by atoms with van der Waals surface area (Å²) in [7, 11) is 0. The summed E-state index contributed by atoms with van der Waals surface area (Å²) in [6.07, 6.45) is 3.91. The Morgan fingerprint density at radius 2 is 0.941 bits per heavy atom. The minimum atomic E-state index is -0.0301. The molecule has 6 aromatic heterocycles. The Kier molecular flexibility index (Phi) is 8.51. The van der Waals surface area contributed by atoms with Crippen LogP contribution in [0, 0.1) is 6.92 Å². The van der Waals surface area contributed by atoms with E-state index in [0.717, 1.165) is 94.7 Å². The largest absolute Gasteiger partial charge is 0.455 e. The lowest BCUT2D eigenvalue weighted by Gasteiger charge is -2.27. The van der Waals surface area contributed by atoms with Gasteiger partial charge in [0, 0.05) is 90.2 Å². The van der Waals surface area contributed by atoms with Crippen molar-refractivity contribution in [3.63, 3.8) is 0 Å². The summed E-state index contributed by atoms with van der Waals surface area (Å²) in [6, 6.07) is 56.4. The zero-order valence-corrected chi connectivity index (χ0v) is 39.2. The van der Waals surface area contributed by atoms with Crippen LogP contribution < -0.4 is 4.90 Å². The molecule has 0 saturated heterocycles. The van der Waals surface area contributed by atoms with E-state index in [0.29, 0.717) is 0 Å². The standard InChI is InChI=1S/C61H49N5O2/c1-36-58-46(31-47-49-35-63-57(33-55(49)68-59(36)47)66-51-23-15-12-19-42(51)43-20-13-16-24-52(43)66)48-34-62-56(32-54(48)67-58)64(39-17-9-8-10-18-39)40-25-26-45-44-21-11-14-22-50(44)65(53(45)30-40)41-28-37(60(2,3)4)27-38(29-41)61(5,6)7/h8-35H,1-7H3. The fourth-order valence-electron chi connectivity index (χ4n) is 10.5. The number of anilines is 3. The molecule has 0 aliphatic heterocycles. The van der Waals surface area contributed by atoms with Crippen LogP contribution in [0.5, 0.6) is 0 Å². The molecule has 0 aliphatic carbocycles. The maximum Gasteiger partial charge on any atom is 0.142 e. The maximum atomic E-state index is 6.84. The van der Waals surface area contributed by atoms with Crippen molar-refractivity contribution >= 4 is 105 Å². The highest BCUT2D eigenvalue weighted by Crippen LogP contribution is 2.44. The van der Waals surface area contributed by atoms with Crippen LogP contribution in [-0.4, -0.2) is 19.1 Å². The molecular formula is C61H49N5O2. The van der Waals surface area contributed by atoms with E-state index in [1.807, 2.05) is 12.4 Å². The molecule has 0 unspecified atom stereocenters. The fraction of sp³-hybridized carbons (Fsp3) is 0.148. The molecule has 0 N–H and O–H groups in total. The van der Waals surface area contributed by atoms with E-state index in [4.69, 9.17) is 18.8 Å². The molecule has 0 spiro atoms. The van der Waals surface area contributed by atoms with Gasteiger partial charge in [-0.05, 0) is 89.5 Å². The normalized spacial score (nSPS) is 12.6. The van der Waals surface area contributed by atoms with Crippen molar-refractivity contribution in [2.45, 2.75) is 59.3 Å². The molecule has 0 amide bonds. The second kappa shape index (κ2) is 14.4. The van der Waals surface area contributed by atoms with E-state index in [9.17, 15) is 0 Å². The van der Waals surface area contributed by atoms with Gasteiger partial charge in [-0.1, -0.05) is 126 Å². The molecule has 0 fully saturated rings. The van der Waals surface area contributed by atoms with Crippen molar-refractivity contribution in [2.75, 3.05) is 4.90 Å². The molecule has 7 nitrogen and oxygen atoms in total. The first-order valence-corrected chi connectivity index (χ1v) is 23.5. The highest BCUT2D eigenvalue weighted by atomic mass is 16.3. The average Bonchev–Trinajstić information content (AvgIpc) is 4.09. The summed E-state index contributed by atoms with van der Waals surface area (Å²) in [5.41, 5.74) is 14.3. The average molecular weight is 884 g/mol.